The topological polar surface area (TPSA) is 133 Å². The summed E-state index contributed by atoms with van der Waals surface area (Å²) in [7, 11) is -2.88. The SMILES string of the molecule is COc1cc(C)nc(NC(=O)NS(=O)(=O)c2ccccc2[N+]2([O-])CCCCC2)n1. The highest BCUT2D eigenvalue weighted by atomic mass is 32.2. The average molecular weight is 421 g/mol. The average Bonchev–Trinajstić information content (AvgIpc) is 2.67. The number of benzene rings is 1. The first-order valence-corrected chi connectivity index (χ1v) is 10.6. The number of carbonyl (C=O) groups excluding carboxylic acids is 1. The molecule has 1 aliphatic rings. The Morgan fingerprint density at radius 2 is 1.86 bits per heavy atom. The van der Waals surface area contributed by atoms with Crippen LogP contribution < -0.4 is 19.4 Å². The van der Waals surface area contributed by atoms with Gasteiger partial charge in [0.15, 0.2) is 5.69 Å². The summed E-state index contributed by atoms with van der Waals surface area (Å²) in [5.41, 5.74) is 0.657. The molecular weight excluding hydrogens is 398 g/mol. The van der Waals surface area contributed by atoms with Crippen molar-refractivity contribution in [2.24, 2.45) is 0 Å². The molecule has 3 rings (SSSR count). The van der Waals surface area contributed by atoms with E-state index in [1.807, 2.05) is 4.72 Å². The molecule has 1 fully saturated rings. The van der Waals surface area contributed by atoms with Crippen molar-refractivity contribution >= 4 is 27.7 Å². The van der Waals surface area contributed by atoms with E-state index in [9.17, 15) is 18.4 Å². The molecule has 2 aromatic rings. The van der Waals surface area contributed by atoms with Gasteiger partial charge in [-0.1, -0.05) is 12.1 Å². The van der Waals surface area contributed by atoms with Crippen LogP contribution in [0.5, 0.6) is 5.88 Å². The van der Waals surface area contributed by atoms with E-state index in [1.165, 1.54) is 25.3 Å². The van der Waals surface area contributed by atoms with Gasteiger partial charge in [-0.2, -0.15) is 4.98 Å². The van der Waals surface area contributed by atoms with Gasteiger partial charge < -0.3 is 14.6 Å². The number of para-hydroxylation sites is 1. The van der Waals surface area contributed by atoms with Gasteiger partial charge >= 0.3 is 6.03 Å². The highest BCUT2D eigenvalue weighted by Gasteiger charge is 2.32. The fourth-order valence-corrected chi connectivity index (χ4v) is 4.46. The van der Waals surface area contributed by atoms with Crippen molar-refractivity contribution < 1.29 is 17.9 Å². The molecule has 1 aromatic carbocycles. The number of methoxy groups -OCH3 is 1. The Morgan fingerprint density at radius 1 is 1.17 bits per heavy atom. The molecule has 2 heterocycles. The zero-order valence-corrected chi connectivity index (χ0v) is 17.0. The number of hydrogen-bond acceptors (Lipinski definition) is 7. The summed E-state index contributed by atoms with van der Waals surface area (Å²) in [6.07, 6.45) is 2.38. The van der Waals surface area contributed by atoms with Crippen molar-refractivity contribution in [3.05, 3.63) is 41.2 Å². The van der Waals surface area contributed by atoms with Gasteiger partial charge in [0, 0.05) is 17.8 Å². The van der Waals surface area contributed by atoms with Gasteiger partial charge in [-0.25, -0.2) is 22.9 Å². The van der Waals surface area contributed by atoms with Gasteiger partial charge in [-0.15, -0.1) is 0 Å². The smallest absolute Gasteiger partial charge is 0.335 e. The lowest BCUT2D eigenvalue weighted by Crippen LogP contribution is -2.48. The van der Waals surface area contributed by atoms with Gasteiger partial charge in [0.2, 0.25) is 11.8 Å². The number of rotatable bonds is 5. The third-order valence-electron chi connectivity index (χ3n) is 4.62. The highest BCUT2D eigenvalue weighted by molar-refractivity contribution is 7.90. The maximum atomic E-state index is 13.2. The Kier molecular flexibility index (Phi) is 6.01. The number of ether oxygens (including phenoxy) is 1. The fourth-order valence-electron chi connectivity index (χ4n) is 3.29. The van der Waals surface area contributed by atoms with Gasteiger partial charge in [-0.3, -0.25) is 5.32 Å². The Balaban J connectivity index is 1.83. The van der Waals surface area contributed by atoms with Crippen LogP contribution in [0.2, 0.25) is 0 Å². The van der Waals surface area contributed by atoms with Crippen LogP contribution in [0, 0.1) is 12.1 Å². The lowest BCUT2D eigenvalue weighted by atomic mass is 10.1. The predicted molar refractivity (Wildman–Crippen MR) is 108 cm³/mol. The van der Waals surface area contributed by atoms with Gasteiger partial charge in [0.05, 0.1) is 20.2 Å². The van der Waals surface area contributed by atoms with E-state index in [2.05, 4.69) is 15.3 Å². The molecule has 0 spiro atoms. The van der Waals surface area contributed by atoms with E-state index in [0.29, 0.717) is 18.8 Å². The minimum atomic E-state index is -4.29. The Hall–Kier alpha value is -2.76. The third-order valence-corrected chi connectivity index (χ3v) is 6.00. The number of hydroxylamine groups is 2. The number of aryl methyl sites for hydroxylation is 1. The van der Waals surface area contributed by atoms with Crippen LogP contribution in [0.25, 0.3) is 0 Å². The Morgan fingerprint density at radius 3 is 2.55 bits per heavy atom. The quantitative estimate of drug-likeness (QED) is 0.559. The van der Waals surface area contributed by atoms with E-state index in [-0.39, 0.29) is 22.4 Å². The van der Waals surface area contributed by atoms with Crippen molar-refractivity contribution in [1.29, 1.82) is 0 Å². The zero-order chi connectivity index (χ0) is 21.1. The molecule has 0 saturated carbocycles. The second kappa shape index (κ2) is 8.31. The number of aromatic nitrogens is 2. The molecule has 0 radical (unpaired) electrons. The van der Waals surface area contributed by atoms with Crippen molar-refractivity contribution in [2.45, 2.75) is 31.1 Å². The van der Waals surface area contributed by atoms with Crippen LogP contribution in [-0.2, 0) is 10.0 Å². The molecule has 156 valence electrons. The molecule has 1 saturated heterocycles. The van der Waals surface area contributed by atoms with Crippen molar-refractivity contribution in [3.63, 3.8) is 0 Å². The molecule has 0 atom stereocenters. The second-order valence-electron chi connectivity index (χ2n) is 6.80. The number of hydrogen-bond donors (Lipinski definition) is 2. The number of urea groups is 1. The summed E-state index contributed by atoms with van der Waals surface area (Å²) in [4.78, 5) is 20.0. The third kappa shape index (κ3) is 4.81. The molecule has 1 aliphatic heterocycles. The van der Waals surface area contributed by atoms with Crippen LogP contribution in [0.1, 0.15) is 25.0 Å². The van der Waals surface area contributed by atoms with E-state index in [4.69, 9.17) is 4.74 Å². The maximum absolute atomic E-state index is 13.2. The number of nitrogens with zero attached hydrogens (tertiary/aromatic N) is 3. The first kappa shape index (κ1) is 21.0. The number of sulfonamides is 1. The summed E-state index contributed by atoms with van der Waals surface area (Å²) < 4.78 is 31.9. The second-order valence-corrected chi connectivity index (χ2v) is 8.45. The monoisotopic (exact) mass is 421 g/mol. The minimum absolute atomic E-state index is 0.105. The highest BCUT2D eigenvalue weighted by Crippen LogP contribution is 2.33. The number of anilines is 1. The first-order chi connectivity index (χ1) is 13.7. The summed E-state index contributed by atoms with van der Waals surface area (Å²) in [5.74, 6) is 0.120. The lowest BCUT2D eigenvalue weighted by Gasteiger charge is -2.45. The molecule has 29 heavy (non-hydrogen) atoms. The molecule has 0 bridgehead atoms. The number of amides is 2. The van der Waals surface area contributed by atoms with Crippen LogP contribution in [0.3, 0.4) is 0 Å². The first-order valence-electron chi connectivity index (χ1n) is 9.15. The fraction of sp³-hybridized carbons (Fsp3) is 0.389. The normalized spacial score (nSPS) is 16.1. The largest absolute Gasteiger partial charge is 0.627 e. The standard InChI is InChI=1S/C18H23N5O5S/c1-13-12-16(28-2)20-17(19-13)21-18(24)22-29(26,27)15-9-5-4-8-14(15)23(25)10-6-3-7-11-23/h4-5,8-9,12H,3,6-7,10-11H2,1-2H3,(H2,19,20,21,22,24). The van der Waals surface area contributed by atoms with Gasteiger partial charge in [-0.05, 0) is 32.3 Å². The lowest BCUT2D eigenvalue weighted by molar-refractivity contribution is 0.256. The van der Waals surface area contributed by atoms with E-state index in [0.717, 1.165) is 19.3 Å². The van der Waals surface area contributed by atoms with Gasteiger partial charge in [0.1, 0.15) is 4.90 Å². The molecule has 0 unspecified atom stereocenters. The molecule has 0 aliphatic carbocycles. The van der Waals surface area contributed by atoms with Crippen molar-refractivity contribution in [1.82, 2.24) is 19.3 Å². The number of quaternary nitrogens is 1. The summed E-state index contributed by atoms with van der Waals surface area (Å²) in [6.45, 7) is 2.28. The van der Waals surface area contributed by atoms with Gasteiger partial charge in [0.25, 0.3) is 10.0 Å². The van der Waals surface area contributed by atoms with Crippen molar-refractivity contribution in [3.8, 4) is 5.88 Å². The van der Waals surface area contributed by atoms with E-state index in [1.54, 1.807) is 19.1 Å². The summed E-state index contributed by atoms with van der Waals surface area (Å²) >= 11 is 0. The number of nitrogens with one attached hydrogen (secondary N) is 2. The molecule has 1 aromatic heterocycles. The predicted octanol–water partition coefficient (Wildman–Crippen LogP) is 2.29. The summed E-state index contributed by atoms with van der Waals surface area (Å²) in [6, 6.07) is 6.48. The molecular formula is C18H23N5O5S. The number of carbonyl (C=O) groups is 1. The maximum Gasteiger partial charge on any atom is 0.335 e. The van der Waals surface area contributed by atoms with Crippen LogP contribution >= 0.6 is 0 Å². The molecule has 2 N–H and O–H groups in total. The molecule has 11 heteroatoms. The molecule has 2 amide bonds. The van der Waals surface area contributed by atoms with E-state index >= 15 is 0 Å². The van der Waals surface area contributed by atoms with Crippen LogP contribution in [-0.4, -0.2) is 44.6 Å². The van der Waals surface area contributed by atoms with Crippen LogP contribution in [0.4, 0.5) is 16.4 Å². The Bertz CT molecular complexity index is 1010. The molecule has 10 nitrogen and oxygen atoms in total. The van der Waals surface area contributed by atoms with Crippen LogP contribution in [0.15, 0.2) is 35.2 Å². The zero-order valence-electron chi connectivity index (χ0n) is 16.2. The minimum Gasteiger partial charge on any atom is -0.627 e. The van der Waals surface area contributed by atoms with Crippen molar-refractivity contribution in [2.75, 3.05) is 25.5 Å². The Labute approximate surface area is 169 Å². The number of piperidine rings is 1. The van der Waals surface area contributed by atoms with E-state index < -0.39 is 20.7 Å². The summed E-state index contributed by atoms with van der Waals surface area (Å²) in [5, 5.41) is 15.5.